The van der Waals surface area contributed by atoms with Crippen LogP contribution in [0.2, 0.25) is 102 Å². The van der Waals surface area contributed by atoms with Gasteiger partial charge >= 0.3 is 0 Å². The minimum absolute atomic E-state index is 0.315. The summed E-state index contributed by atoms with van der Waals surface area (Å²) in [7, 11) is -3.73. The van der Waals surface area contributed by atoms with Gasteiger partial charge in [-0.3, -0.25) is 0 Å². The molecular formula is C35H81N3O4Si4. The van der Waals surface area contributed by atoms with Crippen molar-refractivity contribution in [3.63, 3.8) is 0 Å². The summed E-state index contributed by atoms with van der Waals surface area (Å²) in [6.07, 6.45) is 6.44. The van der Waals surface area contributed by atoms with Gasteiger partial charge in [-0.05, 0) is 38.8 Å². The van der Waals surface area contributed by atoms with Gasteiger partial charge in [0.2, 0.25) is 0 Å². The number of epoxide rings is 1. The molecule has 0 aromatic carbocycles. The van der Waals surface area contributed by atoms with Crippen LogP contribution >= 0.6 is 0 Å². The summed E-state index contributed by atoms with van der Waals surface area (Å²) in [6.45, 7) is 36.6. The highest BCUT2D eigenvalue weighted by Gasteiger charge is 2.26. The monoisotopic (exact) mass is 720 g/mol. The molecule has 3 N–H and O–H groups in total. The van der Waals surface area contributed by atoms with Gasteiger partial charge in [0, 0.05) is 78.2 Å². The first-order chi connectivity index (χ1) is 21.5. The molecule has 3 rings (SSSR count). The highest BCUT2D eigenvalue weighted by atomic mass is 28.3. The highest BCUT2D eigenvalue weighted by molar-refractivity contribution is 6.82. The molecule has 0 aliphatic carbocycles. The molecule has 0 amide bonds. The molecule has 0 radical (unpaired) electrons. The van der Waals surface area contributed by atoms with E-state index >= 15 is 0 Å². The van der Waals surface area contributed by atoms with E-state index in [2.05, 4.69) is 81.0 Å². The third-order valence-electron chi connectivity index (χ3n) is 9.28. The lowest BCUT2D eigenvalue weighted by Crippen LogP contribution is -2.39. The van der Waals surface area contributed by atoms with Gasteiger partial charge in [0.1, 0.15) is 6.10 Å². The lowest BCUT2D eigenvalue weighted by Gasteiger charge is -2.28. The van der Waals surface area contributed by atoms with E-state index in [4.69, 9.17) is 14.2 Å². The molecule has 3 fully saturated rings. The predicted molar refractivity (Wildman–Crippen MR) is 213 cm³/mol. The summed E-state index contributed by atoms with van der Waals surface area (Å²) >= 11 is 0. The second kappa shape index (κ2) is 23.9. The summed E-state index contributed by atoms with van der Waals surface area (Å²) in [4.78, 5) is 2.38. The van der Waals surface area contributed by atoms with E-state index in [1.54, 1.807) is 0 Å². The fraction of sp³-hybridized carbons (Fsp3) is 1.00. The van der Waals surface area contributed by atoms with Crippen LogP contribution in [0.25, 0.3) is 0 Å². The van der Waals surface area contributed by atoms with Crippen molar-refractivity contribution in [1.29, 1.82) is 0 Å². The number of aliphatic hydroxyl groups is 1. The van der Waals surface area contributed by atoms with E-state index < -0.39 is 32.3 Å². The Morgan fingerprint density at radius 3 is 1.54 bits per heavy atom. The van der Waals surface area contributed by atoms with Gasteiger partial charge in [-0.2, -0.15) is 0 Å². The minimum Gasteiger partial charge on any atom is -0.389 e. The number of hydrogen-bond acceptors (Lipinski definition) is 7. The second-order valence-electron chi connectivity index (χ2n) is 18.3. The van der Waals surface area contributed by atoms with Crippen molar-refractivity contribution in [2.75, 3.05) is 78.8 Å². The fourth-order valence-electron chi connectivity index (χ4n) is 5.68. The molecule has 0 bridgehead atoms. The molecule has 2 atom stereocenters. The van der Waals surface area contributed by atoms with Crippen LogP contribution in [-0.4, -0.2) is 133 Å². The zero-order valence-corrected chi connectivity index (χ0v) is 36.5. The quantitative estimate of drug-likeness (QED) is 0.0693. The van der Waals surface area contributed by atoms with Crippen molar-refractivity contribution in [2.45, 2.75) is 146 Å². The Morgan fingerprint density at radius 1 is 0.674 bits per heavy atom. The van der Waals surface area contributed by atoms with Crippen molar-refractivity contribution < 1.29 is 19.3 Å². The van der Waals surface area contributed by atoms with Crippen molar-refractivity contribution in [2.24, 2.45) is 0 Å². The maximum atomic E-state index is 10.1. The minimum atomic E-state index is -1.04. The van der Waals surface area contributed by atoms with Crippen molar-refractivity contribution in [1.82, 2.24) is 15.5 Å². The third kappa shape index (κ3) is 29.5. The fourth-order valence-corrected chi connectivity index (χ4v) is 19.8. The second-order valence-corrected chi connectivity index (χ2v) is 40.2. The van der Waals surface area contributed by atoms with Crippen molar-refractivity contribution in [3.8, 4) is 0 Å². The molecular weight excluding hydrogens is 639 g/mol. The van der Waals surface area contributed by atoms with Gasteiger partial charge in [0.05, 0.1) is 25.9 Å². The van der Waals surface area contributed by atoms with E-state index in [-0.39, 0.29) is 6.10 Å². The molecule has 3 aliphatic rings. The Labute approximate surface area is 291 Å². The molecule has 0 aromatic heterocycles. The molecule has 7 nitrogen and oxygen atoms in total. The predicted octanol–water partition coefficient (Wildman–Crippen LogP) is 7.30. The molecule has 2 unspecified atom stereocenters. The maximum absolute atomic E-state index is 10.1. The maximum Gasteiger partial charge on any atom is 0.104 e. The first-order valence-electron chi connectivity index (χ1n) is 19.1. The van der Waals surface area contributed by atoms with Gasteiger partial charge < -0.3 is 34.9 Å². The van der Waals surface area contributed by atoms with Gasteiger partial charge in [0.25, 0.3) is 0 Å². The third-order valence-corrected chi connectivity index (χ3v) is 20.4. The summed E-state index contributed by atoms with van der Waals surface area (Å²) in [5.74, 6) is 0. The SMILES string of the molecule is C1CNCCN1.C[Si](C)(C)CC[Si](C)(C)CCCOCC(O)CN1CCCCC1.C[Si](C)(C)CC[Si](C)(C)CCCOCC1CO1. The molecule has 0 aromatic rings. The van der Waals surface area contributed by atoms with Gasteiger partial charge in [-0.1, -0.05) is 108 Å². The molecule has 46 heavy (non-hydrogen) atoms. The van der Waals surface area contributed by atoms with Crippen LogP contribution in [0.4, 0.5) is 0 Å². The van der Waals surface area contributed by atoms with Crippen LogP contribution in [0, 0.1) is 0 Å². The number of ether oxygens (including phenoxy) is 3. The molecule has 3 saturated heterocycles. The van der Waals surface area contributed by atoms with Crippen molar-refractivity contribution >= 4 is 32.3 Å². The van der Waals surface area contributed by atoms with Gasteiger partial charge in [0.15, 0.2) is 0 Å². The smallest absolute Gasteiger partial charge is 0.104 e. The number of nitrogens with one attached hydrogen (secondary N) is 2. The van der Waals surface area contributed by atoms with Crippen LogP contribution in [0.3, 0.4) is 0 Å². The van der Waals surface area contributed by atoms with E-state index in [0.717, 1.165) is 72.2 Å². The number of rotatable bonds is 20. The Balaban J connectivity index is 0.000000399. The van der Waals surface area contributed by atoms with Crippen LogP contribution in [0.1, 0.15) is 32.1 Å². The van der Waals surface area contributed by atoms with E-state index in [1.807, 2.05) is 0 Å². The molecule has 3 aliphatic heterocycles. The van der Waals surface area contributed by atoms with E-state index in [1.165, 1.54) is 68.4 Å². The molecule has 0 saturated carbocycles. The first-order valence-corrected chi connectivity index (χ1v) is 33.3. The topological polar surface area (TPSA) is 78.5 Å². The van der Waals surface area contributed by atoms with E-state index in [0.29, 0.717) is 12.7 Å². The van der Waals surface area contributed by atoms with Crippen LogP contribution in [0.15, 0.2) is 0 Å². The van der Waals surface area contributed by atoms with Gasteiger partial charge in [-0.25, -0.2) is 0 Å². The van der Waals surface area contributed by atoms with Crippen LogP contribution in [0.5, 0.6) is 0 Å². The zero-order valence-electron chi connectivity index (χ0n) is 32.5. The van der Waals surface area contributed by atoms with Crippen LogP contribution < -0.4 is 10.6 Å². The Morgan fingerprint density at radius 2 is 1.13 bits per heavy atom. The van der Waals surface area contributed by atoms with Crippen molar-refractivity contribution in [3.05, 3.63) is 0 Å². The molecule has 276 valence electrons. The summed E-state index contributed by atoms with van der Waals surface area (Å²) in [6, 6.07) is 8.74. The lowest BCUT2D eigenvalue weighted by molar-refractivity contribution is 0.0138. The van der Waals surface area contributed by atoms with E-state index in [9.17, 15) is 5.11 Å². The number of piperidine rings is 1. The molecule has 0 spiro atoms. The average Bonchev–Trinajstić information content (AvgIpc) is 3.81. The Bertz CT molecular complexity index is 725. The zero-order chi connectivity index (χ0) is 34.5. The summed E-state index contributed by atoms with van der Waals surface area (Å²) in [5, 5.41) is 16.5. The summed E-state index contributed by atoms with van der Waals surface area (Å²) < 4.78 is 16.5. The summed E-state index contributed by atoms with van der Waals surface area (Å²) in [5.41, 5.74) is 0. The number of β-amino-alcohol motifs (C(OH)–C–C–N with tert-alkyl or cyclic N) is 1. The largest absolute Gasteiger partial charge is 0.389 e. The lowest BCUT2D eigenvalue weighted by atomic mass is 10.1. The highest BCUT2D eigenvalue weighted by Crippen LogP contribution is 2.25. The number of hydrogen-bond donors (Lipinski definition) is 3. The first kappa shape index (κ1) is 44.6. The number of aliphatic hydroxyl groups excluding tert-OH is 1. The Kier molecular flexibility index (Phi) is 23.2. The molecule has 3 heterocycles. The number of likely N-dealkylation sites (tertiary alicyclic amines) is 1. The normalized spacial score (nSPS) is 20.3. The van der Waals surface area contributed by atoms with Gasteiger partial charge in [-0.15, -0.1) is 0 Å². The van der Waals surface area contributed by atoms with Crippen LogP contribution in [-0.2, 0) is 14.2 Å². The number of piperazine rings is 1. The average molecular weight is 720 g/mol. The Hall–Kier alpha value is 0.588. The number of nitrogens with zero attached hydrogens (tertiary/aromatic N) is 1. The standard InChI is InChI=1S/C18H41NO2Si2.C13H30O2Si2.C4H10N2/c1-22(2,3)14-15-23(4,5)13-9-12-21-17-18(20)16-19-10-7-6-8-11-19;1-16(2,3)9-10-17(4,5)8-6-7-14-11-13-12-15-13;1-2-6-4-3-5-1/h18,20H,6-17H2,1-5H3;13H,6-12H2,1-5H3;5-6H,1-4H2. The molecule has 11 heteroatoms.